The van der Waals surface area contributed by atoms with Gasteiger partial charge in [-0.25, -0.2) is 17.5 Å². The average molecular weight is 387 g/mol. The number of sulfonamides is 1. The lowest BCUT2D eigenvalue weighted by molar-refractivity contribution is -0.151. The molecular weight excluding hydrogens is 370 g/mol. The van der Waals surface area contributed by atoms with E-state index in [0.29, 0.717) is 5.56 Å². The maximum Gasteiger partial charge on any atom is 0.379 e. The smallest absolute Gasteiger partial charge is 0.379 e. The largest absolute Gasteiger partial charge is 0.460 e. The average Bonchev–Trinajstić information content (AvgIpc) is 2.95. The number of aliphatic hydroxyl groups excluding tert-OH is 1. The van der Waals surface area contributed by atoms with E-state index >= 15 is 0 Å². The fourth-order valence-electron chi connectivity index (χ4n) is 2.83. The molecule has 0 aliphatic carbocycles. The molecule has 7 nitrogen and oxygen atoms in total. The molecule has 0 saturated carbocycles. The molecule has 0 bridgehead atoms. The molecule has 27 heavy (non-hydrogen) atoms. The number of anilines is 1. The first-order valence-electron chi connectivity index (χ1n) is 8.17. The zero-order valence-corrected chi connectivity index (χ0v) is 15.2. The predicted molar refractivity (Wildman–Crippen MR) is 98.2 cm³/mol. The van der Waals surface area contributed by atoms with Crippen molar-refractivity contribution in [2.75, 3.05) is 10.9 Å². The van der Waals surface area contributed by atoms with E-state index in [2.05, 4.69) is 4.74 Å². The van der Waals surface area contributed by atoms with Crippen molar-refractivity contribution in [3.05, 3.63) is 66.2 Å². The van der Waals surface area contributed by atoms with E-state index in [1.54, 1.807) is 43.3 Å². The highest BCUT2D eigenvalue weighted by Crippen LogP contribution is 2.42. The van der Waals surface area contributed by atoms with Crippen molar-refractivity contribution in [1.82, 2.24) is 0 Å². The minimum Gasteiger partial charge on any atom is -0.460 e. The fourth-order valence-corrected chi connectivity index (χ4v) is 4.35. The first kappa shape index (κ1) is 18.8. The van der Waals surface area contributed by atoms with E-state index in [-0.39, 0.29) is 22.8 Å². The molecule has 0 fully saturated rings. The van der Waals surface area contributed by atoms with E-state index in [4.69, 9.17) is 0 Å². The van der Waals surface area contributed by atoms with Crippen LogP contribution in [0.2, 0.25) is 0 Å². The van der Waals surface area contributed by atoms with Crippen molar-refractivity contribution in [2.24, 2.45) is 0 Å². The van der Waals surface area contributed by atoms with Gasteiger partial charge in [-0.05, 0) is 25.1 Å². The number of benzene rings is 2. The summed E-state index contributed by atoms with van der Waals surface area (Å²) >= 11 is 0. The molecule has 0 radical (unpaired) electrons. The zero-order valence-electron chi connectivity index (χ0n) is 14.4. The van der Waals surface area contributed by atoms with Crippen LogP contribution < -0.4 is 4.31 Å². The summed E-state index contributed by atoms with van der Waals surface area (Å²) < 4.78 is 31.6. The normalized spacial score (nSPS) is 17.6. The number of ketones is 1. The van der Waals surface area contributed by atoms with E-state index < -0.39 is 28.0 Å². The molecule has 0 saturated heterocycles. The third kappa shape index (κ3) is 3.36. The molecule has 140 valence electrons. The summed E-state index contributed by atoms with van der Waals surface area (Å²) in [4.78, 5) is 23.7. The van der Waals surface area contributed by atoms with Gasteiger partial charge in [-0.15, -0.1) is 0 Å². The number of hydrogen-bond acceptors (Lipinski definition) is 6. The summed E-state index contributed by atoms with van der Waals surface area (Å²) in [5.74, 6) is -2.04. The van der Waals surface area contributed by atoms with Crippen LogP contribution in [0.4, 0.5) is 5.69 Å². The van der Waals surface area contributed by atoms with Gasteiger partial charge in [0, 0.05) is 17.2 Å². The number of esters is 1. The van der Waals surface area contributed by atoms with Gasteiger partial charge in [0.1, 0.15) is 0 Å². The number of carbonyl (C=O) groups excluding carboxylic acids is 2. The van der Waals surface area contributed by atoms with Gasteiger partial charge in [0.15, 0.2) is 6.23 Å². The first-order valence-corrected chi connectivity index (χ1v) is 9.61. The van der Waals surface area contributed by atoms with E-state index in [1.165, 1.54) is 18.2 Å². The lowest BCUT2D eigenvalue weighted by Gasteiger charge is -2.23. The second-order valence-electron chi connectivity index (χ2n) is 5.69. The topological polar surface area (TPSA) is 101 Å². The Labute approximate surface area is 156 Å². The molecular formula is C19H17NO6S. The summed E-state index contributed by atoms with van der Waals surface area (Å²) in [6, 6.07) is 14.0. The van der Waals surface area contributed by atoms with Crippen molar-refractivity contribution in [1.29, 1.82) is 0 Å². The van der Waals surface area contributed by atoms with Crippen molar-refractivity contribution >= 4 is 33.0 Å². The second kappa shape index (κ2) is 7.34. The summed E-state index contributed by atoms with van der Waals surface area (Å²) in [6.45, 7) is 1.59. The monoisotopic (exact) mass is 387 g/mol. The van der Waals surface area contributed by atoms with Gasteiger partial charge in [0.2, 0.25) is 0 Å². The number of carbonyl (C=O) groups is 2. The van der Waals surface area contributed by atoms with Crippen LogP contribution in [0, 0.1) is 0 Å². The van der Waals surface area contributed by atoms with Crippen LogP contribution in [0.5, 0.6) is 0 Å². The molecule has 2 aromatic carbocycles. The maximum atomic E-state index is 13.0. The number of nitrogens with zero attached hydrogens (tertiary/aromatic N) is 1. The molecule has 0 aromatic heterocycles. The molecule has 1 aliphatic rings. The van der Waals surface area contributed by atoms with Gasteiger partial charge in [-0.3, -0.25) is 4.79 Å². The number of hydrogen-bond donors (Lipinski definition) is 1. The Morgan fingerprint density at radius 2 is 1.74 bits per heavy atom. The fraction of sp³-hybridized carbons (Fsp3) is 0.158. The van der Waals surface area contributed by atoms with E-state index in [1.807, 2.05) is 0 Å². The summed E-state index contributed by atoms with van der Waals surface area (Å²) in [7, 11) is -4.09. The summed E-state index contributed by atoms with van der Waals surface area (Å²) in [5.41, 5.74) is 0.585. The highest BCUT2D eigenvalue weighted by Gasteiger charge is 2.41. The lowest BCUT2D eigenvalue weighted by atomic mass is 10.1. The van der Waals surface area contributed by atoms with Crippen LogP contribution in [0.1, 0.15) is 12.5 Å². The highest BCUT2D eigenvalue weighted by molar-refractivity contribution is 7.93. The van der Waals surface area contributed by atoms with Gasteiger partial charge in [-0.2, -0.15) is 0 Å². The minimum absolute atomic E-state index is 0.00294. The standard InChI is InChI=1S/C19H17NO6S/c1-2-26-19(23)17(21)12-15-14-10-6-7-11-16(14)20(18(15)22)27(24,25)13-8-4-3-5-9-13/h3-12,18,22H,2H2,1H3/b15-12-. The van der Waals surface area contributed by atoms with Crippen LogP contribution in [0.25, 0.3) is 5.57 Å². The number of fused-ring (bicyclic) bond motifs is 1. The molecule has 3 rings (SSSR count). The van der Waals surface area contributed by atoms with Gasteiger partial charge >= 0.3 is 5.97 Å². The van der Waals surface area contributed by atoms with Gasteiger partial charge in [0.05, 0.1) is 17.2 Å². The Morgan fingerprint density at radius 1 is 1.11 bits per heavy atom. The number of aliphatic hydroxyl groups is 1. The van der Waals surface area contributed by atoms with E-state index in [9.17, 15) is 23.1 Å². The SMILES string of the molecule is CCOC(=O)C(=O)/C=C1/c2ccccc2N(S(=O)(=O)c2ccccc2)C1O. The van der Waals surface area contributed by atoms with Crippen molar-refractivity contribution < 1.29 is 27.9 Å². The first-order chi connectivity index (χ1) is 12.9. The van der Waals surface area contributed by atoms with E-state index in [0.717, 1.165) is 10.4 Å². The van der Waals surface area contributed by atoms with Crippen LogP contribution in [0.3, 0.4) is 0 Å². The molecule has 1 atom stereocenters. The Bertz CT molecular complexity index is 1010. The molecule has 0 amide bonds. The Balaban J connectivity index is 2.09. The molecule has 1 unspecified atom stereocenters. The van der Waals surface area contributed by atoms with Crippen molar-refractivity contribution in [3.8, 4) is 0 Å². The molecule has 1 heterocycles. The Kier molecular flexibility index (Phi) is 5.11. The molecule has 2 aromatic rings. The van der Waals surface area contributed by atoms with Gasteiger partial charge in [0.25, 0.3) is 15.8 Å². The zero-order chi connectivity index (χ0) is 19.6. The van der Waals surface area contributed by atoms with Crippen LogP contribution in [0.15, 0.2) is 65.6 Å². The Morgan fingerprint density at radius 3 is 2.41 bits per heavy atom. The van der Waals surface area contributed by atoms with Gasteiger partial charge in [-0.1, -0.05) is 36.4 Å². The van der Waals surface area contributed by atoms with Crippen LogP contribution in [-0.2, 0) is 24.3 Å². The molecule has 0 spiro atoms. The van der Waals surface area contributed by atoms with Crippen LogP contribution in [-0.4, -0.2) is 38.1 Å². The van der Waals surface area contributed by atoms with Gasteiger partial charge < -0.3 is 9.84 Å². The molecule has 8 heteroatoms. The van der Waals surface area contributed by atoms with Crippen molar-refractivity contribution in [3.63, 3.8) is 0 Å². The number of rotatable bonds is 5. The minimum atomic E-state index is -4.09. The predicted octanol–water partition coefficient (Wildman–Crippen LogP) is 1.73. The number of ether oxygens (including phenoxy) is 1. The number of para-hydroxylation sites is 1. The Hall–Kier alpha value is -2.97. The molecule has 1 aliphatic heterocycles. The summed E-state index contributed by atoms with van der Waals surface area (Å²) in [5, 5.41) is 10.7. The second-order valence-corrected chi connectivity index (χ2v) is 7.50. The quantitative estimate of drug-likeness (QED) is 0.476. The maximum absolute atomic E-state index is 13.0. The third-order valence-electron chi connectivity index (χ3n) is 4.02. The highest BCUT2D eigenvalue weighted by atomic mass is 32.2. The van der Waals surface area contributed by atoms with Crippen LogP contribution >= 0.6 is 0 Å². The third-order valence-corrected chi connectivity index (χ3v) is 5.80. The molecule has 1 N–H and O–H groups in total. The summed E-state index contributed by atoms with van der Waals surface area (Å²) in [6.07, 6.45) is -0.729. The van der Waals surface area contributed by atoms with Crippen molar-refractivity contribution in [2.45, 2.75) is 18.0 Å². The lowest BCUT2D eigenvalue weighted by Crippen LogP contribution is -2.37.